The summed E-state index contributed by atoms with van der Waals surface area (Å²) in [5.41, 5.74) is 20.9. The Hall–Kier alpha value is -9.64. The van der Waals surface area contributed by atoms with Crippen molar-refractivity contribution in [1.29, 1.82) is 0 Å². The average molecular weight is 951 g/mol. The van der Waals surface area contributed by atoms with Crippen LogP contribution >= 0.6 is 0 Å². The SMILES string of the molecule is Cn1c(-c2ccccc2)c(C=Cc2ccc(N(c3ccccc3)c3ccc(-c4ccc(N(c5ccccc5)c5ccc(C=Cc6c(-c7ccccc7)n(C)c7ccccc67)cc5)cc4)cc3)cc2)c2ccccc21. The minimum Gasteiger partial charge on any atom is -0.343 e. The van der Waals surface area contributed by atoms with Crippen LogP contribution in [0.4, 0.5) is 34.1 Å². The number of nitrogens with zero attached hydrogens (tertiary/aromatic N) is 4. The molecule has 2 aromatic heterocycles. The van der Waals surface area contributed by atoms with Gasteiger partial charge in [-0.25, -0.2) is 0 Å². The van der Waals surface area contributed by atoms with Gasteiger partial charge in [0, 0.05) is 81.2 Å². The lowest BCUT2D eigenvalue weighted by Crippen LogP contribution is -2.10. The highest BCUT2D eigenvalue weighted by molar-refractivity contribution is 6.01. The van der Waals surface area contributed by atoms with E-state index in [2.05, 4.69) is 324 Å². The molecule has 4 heteroatoms. The molecule has 354 valence electrons. The molecule has 0 radical (unpaired) electrons. The molecule has 0 amide bonds. The van der Waals surface area contributed by atoms with Crippen molar-refractivity contribution in [2.24, 2.45) is 14.1 Å². The zero-order valence-electron chi connectivity index (χ0n) is 41.5. The van der Waals surface area contributed by atoms with Crippen molar-refractivity contribution in [2.45, 2.75) is 0 Å². The van der Waals surface area contributed by atoms with Gasteiger partial charge in [-0.15, -0.1) is 0 Å². The van der Waals surface area contributed by atoms with Crippen LogP contribution in [0.3, 0.4) is 0 Å². The van der Waals surface area contributed by atoms with E-state index in [9.17, 15) is 0 Å². The molecule has 0 saturated carbocycles. The molecule has 0 spiro atoms. The summed E-state index contributed by atoms with van der Waals surface area (Å²) in [6, 6.07) is 95.4. The second-order valence-corrected chi connectivity index (χ2v) is 18.7. The maximum absolute atomic E-state index is 2.32. The number of hydrogen-bond donors (Lipinski definition) is 0. The van der Waals surface area contributed by atoms with Crippen molar-refractivity contribution in [1.82, 2.24) is 9.13 Å². The van der Waals surface area contributed by atoms with Crippen LogP contribution in [0.2, 0.25) is 0 Å². The maximum Gasteiger partial charge on any atom is 0.0562 e. The lowest BCUT2D eigenvalue weighted by atomic mass is 10.0. The van der Waals surface area contributed by atoms with Gasteiger partial charge in [-0.3, -0.25) is 0 Å². The number of hydrogen-bond acceptors (Lipinski definition) is 2. The van der Waals surface area contributed by atoms with Crippen LogP contribution in [-0.4, -0.2) is 9.13 Å². The Kier molecular flexibility index (Phi) is 12.4. The van der Waals surface area contributed by atoms with Crippen LogP contribution in [-0.2, 0) is 14.1 Å². The zero-order chi connectivity index (χ0) is 49.8. The number of rotatable bonds is 13. The predicted octanol–water partition coefficient (Wildman–Crippen LogP) is 19.0. The average Bonchev–Trinajstić information content (AvgIpc) is 3.93. The van der Waals surface area contributed by atoms with Crippen LogP contribution in [0.1, 0.15) is 22.3 Å². The molecule has 0 fully saturated rings. The maximum atomic E-state index is 2.32. The third-order valence-corrected chi connectivity index (χ3v) is 14.2. The van der Waals surface area contributed by atoms with Gasteiger partial charge in [0.15, 0.2) is 0 Å². The zero-order valence-corrected chi connectivity index (χ0v) is 41.5. The molecule has 0 aliphatic heterocycles. The fourth-order valence-electron chi connectivity index (χ4n) is 10.6. The molecule has 2 heterocycles. The van der Waals surface area contributed by atoms with Gasteiger partial charge in [0.1, 0.15) is 0 Å². The van der Waals surface area contributed by atoms with E-state index >= 15 is 0 Å². The van der Waals surface area contributed by atoms with E-state index in [1.807, 2.05) is 0 Å². The molecule has 0 atom stereocenters. The van der Waals surface area contributed by atoms with Crippen molar-refractivity contribution in [2.75, 3.05) is 9.80 Å². The number of aryl methyl sites for hydroxylation is 2. The molecular formula is C70H54N4. The molecule has 0 aliphatic carbocycles. The summed E-state index contributed by atoms with van der Waals surface area (Å²) in [6.45, 7) is 0. The Morgan fingerprint density at radius 2 is 0.541 bits per heavy atom. The summed E-state index contributed by atoms with van der Waals surface area (Å²) >= 11 is 0. The summed E-state index contributed by atoms with van der Waals surface area (Å²) in [6.07, 6.45) is 9.00. The first-order valence-electron chi connectivity index (χ1n) is 25.3. The summed E-state index contributed by atoms with van der Waals surface area (Å²) in [5, 5.41) is 2.49. The monoisotopic (exact) mass is 950 g/mol. The van der Waals surface area contributed by atoms with E-state index in [0.29, 0.717) is 0 Å². The van der Waals surface area contributed by atoms with Crippen molar-refractivity contribution in [3.8, 4) is 33.6 Å². The van der Waals surface area contributed by atoms with Gasteiger partial charge in [0.2, 0.25) is 0 Å². The summed E-state index contributed by atoms with van der Waals surface area (Å²) in [5.74, 6) is 0. The first kappa shape index (κ1) is 45.5. The largest absolute Gasteiger partial charge is 0.343 e. The third kappa shape index (κ3) is 8.91. The standard InChI is InChI=1S/C70H54N4/c1-71-67-29-17-15-27-63(67)65(69(71)55-19-7-3-8-20-55)49-35-51-31-41-59(42-32-51)73(57-23-11-5-12-24-57)61-45-37-53(38-46-61)54-39-47-62(48-40-54)74(58-25-13-6-14-26-58)60-43-33-52(34-44-60)36-50-66-64-28-16-18-30-68(64)72(2)70(66)56-21-9-4-10-22-56/h3-50H,1-2H3. The van der Waals surface area contributed by atoms with Crippen LogP contribution in [0.5, 0.6) is 0 Å². The highest BCUT2D eigenvalue weighted by atomic mass is 15.1. The highest BCUT2D eigenvalue weighted by Crippen LogP contribution is 2.40. The quantitative estimate of drug-likeness (QED) is 0.114. The topological polar surface area (TPSA) is 16.3 Å². The van der Waals surface area contributed by atoms with Crippen LogP contribution in [0.25, 0.3) is 79.8 Å². The summed E-state index contributed by atoms with van der Waals surface area (Å²) in [7, 11) is 4.32. The van der Waals surface area contributed by atoms with Gasteiger partial charge in [-0.1, -0.05) is 206 Å². The van der Waals surface area contributed by atoms with E-state index in [-0.39, 0.29) is 0 Å². The Labute approximate surface area is 433 Å². The Balaban J connectivity index is 0.797. The van der Waals surface area contributed by atoms with E-state index in [1.165, 1.54) is 55.4 Å². The smallest absolute Gasteiger partial charge is 0.0562 e. The number of aromatic nitrogens is 2. The molecule has 0 bridgehead atoms. The van der Waals surface area contributed by atoms with Crippen LogP contribution in [0, 0.1) is 0 Å². The number of para-hydroxylation sites is 4. The lowest BCUT2D eigenvalue weighted by Gasteiger charge is -2.26. The molecule has 0 unspecified atom stereocenters. The Morgan fingerprint density at radius 1 is 0.257 bits per heavy atom. The van der Waals surface area contributed by atoms with E-state index in [0.717, 1.165) is 56.4 Å². The lowest BCUT2D eigenvalue weighted by molar-refractivity contribution is 0.977. The van der Waals surface area contributed by atoms with Gasteiger partial charge in [-0.05, 0) is 118 Å². The minimum absolute atomic E-state index is 1.09. The van der Waals surface area contributed by atoms with E-state index in [1.54, 1.807) is 0 Å². The molecule has 0 saturated heterocycles. The van der Waals surface area contributed by atoms with Gasteiger partial charge >= 0.3 is 0 Å². The van der Waals surface area contributed by atoms with Gasteiger partial charge in [0.25, 0.3) is 0 Å². The summed E-state index contributed by atoms with van der Waals surface area (Å²) in [4.78, 5) is 4.64. The van der Waals surface area contributed by atoms with Crippen LogP contribution < -0.4 is 9.80 Å². The normalized spacial score (nSPS) is 11.5. The fourth-order valence-corrected chi connectivity index (χ4v) is 10.6. The van der Waals surface area contributed by atoms with Crippen molar-refractivity contribution < 1.29 is 0 Å². The van der Waals surface area contributed by atoms with Crippen molar-refractivity contribution >= 4 is 80.2 Å². The number of benzene rings is 10. The van der Waals surface area contributed by atoms with E-state index < -0.39 is 0 Å². The van der Waals surface area contributed by atoms with Crippen molar-refractivity contribution in [3.63, 3.8) is 0 Å². The second kappa shape index (κ2) is 20.2. The van der Waals surface area contributed by atoms with Crippen LogP contribution in [0.15, 0.2) is 267 Å². The molecular weight excluding hydrogens is 897 g/mol. The predicted molar refractivity (Wildman–Crippen MR) is 316 cm³/mol. The third-order valence-electron chi connectivity index (χ3n) is 14.2. The molecule has 12 aromatic rings. The Morgan fingerprint density at radius 3 is 0.892 bits per heavy atom. The molecule has 4 nitrogen and oxygen atoms in total. The fraction of sp³-hybridized carbons (Fsp3) is 0.0286. The minimum atomic E-state index is 1.09. The first-order valence-corrected chi connectivity index (χ1v) is 25.3. The number of fused-ring (bicyclic) bond motifs is 2. The molecule has 74 heavy (non-hydrogen) atoms. The van der Waals surface area contributed by atoms with E-state index in [4.69, 9.17) is 0 Å². The number of anilines is 6. The molecule has 12 rings (SSSR count). The van der Waals surface area contributed by atoms with Gasteiger partial charge in [0.05, 0.1) is 11.4 Å². The first-order chi connectivity index (χ1) is 36.6. The van der Waals surface area contributed by atoms with Gasteiger partial charge < -0.3 is 18.9 Å². The van der Waals surface area contributed by atoms with Crippen molar-refractivity contribution in [3.05, 3.63) is 289 Å². The molecule has 10 aromatic carbocycles. The molecule has 0 aliphatic rings. The summed E-state index contributed by atoms with van der Waals surface area (Å²) < 4.78 is 4.61. The van der Waals surface area contributed by atoms with Gasteiger partial charge in [-0.2, -0.15) is 0 Å². The second-order valence-electron chi connectivity index (χ2n) is 18.7. The molecule has 0 N–H and O–H groups in total. The Bertz CT molecular complexity index is 3650. The highest BCUT2D eigenvalue weighted by Gasteiger charge is 2.18.